The summed E-state index contributed by atoms with van der Waals surface area (Å²) >= 11 is 0. The molecule has 1 aliphatic heterocycles. The second kappa shape index (κ2) is 10.5. The average Bonchev–Trinajstić information content (AvgIpc) is 2.60. The highest BCUT2D eigenvalue weighted by Crippen LogP contribution is 2.29. The Hall–Kier alpha value is -1.26. The Labute approximate surface area is 141 Å². The highest BCUT2D eigenvalue weighted by Gasteiger charge is 2.10. The standard InChI is InChI=1S/C19H32N2O2/c1-3-14-22-18-8-7-17(16-19(18)23-15-4-2)6-5-11-21-12-9-20-10-13-21/h7-8,16,20H,3-6,9-15H2,1-2H3. The Kier molecular flexibility index (Phi) is 8.26. The molecular weight excluding hydrogens is 288 g/mol. The van der Waals surface area contributed by atoms with Crippen LogP contribution in [0.3, 0.4) is 0 Å². The van der Waals surface area contributed by atoms with E-state index in [0.717, 1.165) is 57.1 Å². The molecule has 1 aromatic rings. The van der Waals surface area contributed by atoms with Crippen LogP contribution in [0.25, 0.3) is 0 Å². The summed E-state index contributed by atoms with van der Waals surface area (Å²) in [5, 5.41) is 3.40. The van der Waals surface area contributed by atoms with Crippen molar-refractivity contribution < 1.29 is 9.47 Å². The molecule has 0 radical (unpaired) electrons. The molecule has 130 valence electrons. The Balaban J connectivity index is 1.87. The van der Waals surface area contributed by atoms with E-state index in [1.54, 1.807) is 0 Å². The van der Waals surface area contributed by atoms with Gasteiger partial charge in [0.05, 0.1) is 13.2 Å². The maximum atomic E-state index is 5.88. The van der Waals surface area contributed by atoms with Crippen LogP contribution in [-0.2, 0) is 6.42 Å². The number of piperazine rings is 1. The van der Waals surface area contributed by atoms with Crippen molar-refractivity contribution in [3.05, 3.63) is 23.8 Å². The van der Waals surface area contributed by atoms with E-state index in [0.29, 0.717) is 0 Å². The predicted molar refractivity (Wildman–Crippen MR) is 95.6 cm³/mol. The van der Waals surface area contributed by atoms with E-state index in [4.69, 9.17) is 9.47 Å². The third-order valence-electron chi connectivity index (χ3n) is 4.08. The molecule has 0 saturated carbocycles. The van der Waals surface area contributed by atoms with Crippen LogP contribution in [0.5, 0.6) is 11.5 Å². The van der Waals surface area contributed by atoms with Gasteiger partial charge in [-0.2, -0.15) is 0 Å². The number of benzene rings is 1. The zero-order chi connectivity index (χ0) is 16.3. The van der Waals surface area contributed by atoms with E-state index in [1.807, 2.05) is 0 Å². The molecular formula is C19H32N2O2. The quantitative estimate of drug-likeness (QED) is 0.718. The summed E-state index contributed by atoms with van der Waals surface area (Å²) in [4.78, 5) is 2.55. The van der Waals surface area contributed by atoms with E-state index in [-0.39, 0.29) is 0 Å². The van der Waals surface area contributed by atoms with E-state index in [2.05, 4.69) is 42.3 Å². The average molecular weight is 320 g/mol. The molecule has 1 saturated heterocycles. The number of ether oxygens (including phenoxy) is 2. The molecule has 4 heteroatoms. The minimum absolute atomic E-state index is 0.741. The third kappa shape index (κ3) is 6.40. The molecule has 1 heterocycles. The molecule has 0 atom stereocenters. The number of nitrogens with zero attached hydrogens (tertiary/aromatic N) is 1. The number of nitrogens with one attached hydrogen (secondary N) is 1. The van der Waals surface area contributed by atoms with Gasteiger partial charge < -0.3 is 19.7 Å². The Morgan fingerprint density at radius 2 is 1.70 bits per heavy atom. The molecule has 2 rings (SSSR count). The van der Waals surface area contributed by atoms with Gasteiger partial charge >= 0.3 is 0 Å². The number of rotatable bonds is 10. The van der Waals surface area contributed by atoms with Crippen molar-refractivity contribution in [3.63, 3.8) is 0 Å². The Morgan fingerprint density at radius 1 is 1.00 bits per heavy atom. The van der Waals surface area contributed by atoms with Gasteiger partial charge in [0.1, 0.15) is 0 Å². The lowest BCUT2D eigenvalue weighted by Gasteiger charge is -2.27. The van der Waals surface area contributed by atoms with Crippen molar-refractivity contribution in [2.24, 2.45) is 0 Å². The molecule has 4 nitrogen and oxygen atoms in total. The van der Waals surface area contributed by atoms with E-state index in [1.165, 1.54) is 31.6 Å². The maximum absolute atomic E-state index is 5.88. The van der Waals surface area contributed by atoms with Crippen LogP contribution in [0.1, 0.15) is 38.7 Å². The minimum Gasteiger partial charge on any atom is -0.490 e. The molecule has 0 amide bonds. The minimum atomic E-state index is 0.741. The fourth-order valence-electron chi connectivity index (χ4n) is 2.81. The first-order chi connectivity index (χ1) is 11.3. The van der Waals surface area contributed by atoms with Gasteiger partial charge in [-0.3, -0.25) is 0 Å². The van der Waals surface area contributed by atoms with Crippen molar-refractivity contribution in [1.29, 1.82) is 0 Å². The van der Waals surface area contributed by atoms with Crippen LogP contribution in [-0.4, -0.2) is 50.8 Å². The van der Waals surface area contributed by atoms with Gasteiger partial charge in [0.15, 0.2) is 11.5 Å². The van der Waals surface area contributed by atoms with Crippen molar-refractivity contribution in [2.45, 2.75) is 39.5 Å². The molecule has 1 N–H and O–H groups in total. The highest BCUT2D eigenvalue weighted by atomic mass is 16.5. The SMILES string of the molecule is CCCOc1ccc(CCCN2CCNCC2)cc1OCCC. The highest BCUT2D eigenvalue weighted by molar-refractivity contribution is 5.43. The number of hydrogen-bond acceptors (Lipinski definition) is 4. The largest absolute Gasteiger partial charge is 0.490 e. The molecule has 0 bridgehead atoms. The van der Waals surface area contributed by atoms with Gasteiger partial charge in [0.2, 0.25) is 0 Å². The van der Waals surface area contributed by atoms with Gasteiger partial charge in [-0.05, 0) is 49.9 Å². The molecule has 1 aromatic carbocycles. The van der Waals surface area contributed by atoms with Crippen LogP contribution in [0.15, 0.2) is 18.2 Å². The van der Waals surface area contributed by atoms with Crippen LogP contribution in [0.4, 0.5) is 0 Å². The maximum Gasteiger partial charge on any atom is 0.161 e. The molecule has 0 spiro atoms. The van der Waals surface area contributed by atoms with Crippen molar-refractivity contribution in [3.8, 4) is 11.5 Å². The Bertz CT molecular complexity index is 445. The summed E-state index contributed by atoms with van der Waals surface area (Å²) < 4.78 is 11.7. The first-order valence-corrected chi connectivity index (χ1v) is 9.15. The van der Waals surface area contributed by atoms with Gasteiger partial charge in [-0.15, -0.1) is 0 Å². The molecule has 0 aliphatic carbocycles. The lowest BCUT2D eigenvalue weighted by Crippen LogP contribution is -2.43. The molecule has 0 aromatic heterocycles. The second-order valence-corrected chi connectivity index (χ2v) is 6.17. The van der Waals surface area contributed by atoms with E-state index in [9.17, 15) is 0 Å². The van der Waals surface area contributed by atoms with Crippen LogP contribution in [0, 0.1) is 0 Å². The molecule has 1 aliphatic rings. The smallest absolute Gasteiger partial charge is 0.161 e. The second-order valence-electron chi connectivity index (χ2n) is 6.17. The Morgan fingerprint density at radius 3 is 2.39 bits per heavy atom. The van der Waals surface area contributed by atoms with Crippen molar-refractivity contribution in [1.82, 2.24) is 10.2 Å². The first kappa shape index (κ1) is 18.1. The summed E-state index contributed by atoms with van der Waals surface area (Å²) in [5.74, 6) is 1.78. The summed E-state index contributed by atoms with van der Waals surface area (Å²) in [5.41, 5.74) is 1.34. The topological polar surface area (TPSA) is 33.7 Å². The lowest BCUT2D eigenvalue weighted by molar-refractivity contribution is 0.238. The summed E-state index contributed by atoms with van der Waals surface area (Å²) in [7, 11) is 0. The predicted octanol–water partition coefficient (Wildman–Crippen LogP) is 3.10. The number of hydrogen-bond donors (Lipinski definition) is 1. The van der Waals surface area contributed by atoms with Crippen LogP contribution < -0.4 is 14.8 Å². The first-order valence-electron chi connectivity index (χ1n) is 9.15. The zero-order valence-corrected chi connectivity index (χ0v) is 14.8. The van der Waals surface area contributed by atoms with Crippen molar-refractivity contribution in [2.75, 3.05) is 45.9 Å². The summed E-state index contributed by atoms with van der Waals surface area (Å²) in [6.07, 6.45) is 4.32. The fraction of sp³-hybridized carbons (Fsp3) is 0.684. The van der Waals surface area contributed by atoms with Crippen molar-refractivity contribution >= 4 is 0 Å². The number of aryl methyl sites for hydroxylation is 1. The van der Waals surface area contributed by atoms with Gasteiger partial charge in [-0.1, -0.05) is 19.9 Å². The monoisotopic (exact) mass is 320 g/mol. The van der Waals surface area contributed by atoms with Crippen LogP contribution in [0.2, 0.25) is 0 Å². The lowest BCUT2D eigenvalue weighted by atomic mass is 10.1. The molecule has 0 unspecified atom stereocenters. The zero-order valence-electron chi connectivity index (χ0n) is 14.8. The fourth-order valence-corrected chi connectivity index (χ4v) is 2.81. The summed E-state index contributed by atoms with van der Waals surface area (Å²) in [6, 6.07) is 6.42. The van der Waals surface area contributed by atoms with E-state index < -0.39 is 0 Å². The third-order valence-corrected chi connectivity index (χ3v) is 4.08. The molecule has 1 fully saturated rings. The normalized spacial score (nSPS) is 15.6. The van der Waals surface area contributed by atoms with Crippen LogP contribution >= 0.6 is 0 Å². The van der Waals surface area contributed by atoms with Gasteiger partial charge in [0.25, 0.3) is 0 Å². The molecule has 23 heavy (non-hydrogen) atoms. The van der Waals surface area contributed by atoms with Gasteiger partial charge in [-0.25, -0.2) is 0 Å². The summed E-state index contributed by atoms with van der Waals surface area (Å²) in [6.45, 7) is 11.5. The van der Waals surface area contributed by atoms with Gasteiger partial charge in [0, 0.05) is 26.2 Å². The van der Waals surface area contributed by atoms with E-state index >= 15 is 0 Å².